The van der Waals surface area contributed by atoms with Crippen LogP contribution in [0.4, 0.5) is 5.69 Å². The molecule has 0 spiro atoms. The summed E-state index contributed by atoms with van der Waals surface area (Å²) in [5.74, 6) is 0.404. The summed E-state index contributed by atoms with van der Waals surface area (Å²) in [6, 6.07) is 8.35. The summed E-state index contributed by atoms with van der Waals surface area (Å²) in [6.45, 7) is 1.47. The monoisotopic (exact) mass is 532 g/mol. The fourth-order valence-electron chi connectivity index (χ4n) is 3.05. The normalized spacial score (nSPS) is 15.2. The van der Waals surface area contributed by atoms with E-state index in [0.29, 0.717) is 23.9 Å². The molecule has 1 fully saturated rings. The molecule has 0 unspecified atom stereocenters. The summed E-state index contributed by atoms with van der Waals surface area (Å²) in [7, 11) is 0.0535. The lowest BCUT2D eigenvalue weighted by atomic mass is 10.3. The Morgan fingerprint density at radius 1 is 1.24 bits per heavy atom. The number of hydrogen-bond acceptors (Lipinski definition) is 5. The summed E-state index contributed by atoms with van der Waals surface area (Å²) < 4.78 is 26.4. The zero-order chi connectivity index (χ0) is 20.1. The highest BCUT2D eigenvalue weighted by atomic mass is 127. The molecule has 0 aliphatic carbocycles. The van der Waals surface area contributed by atoms with E-state index in [0.717, 1.165) is 5.69 Å². The lowest BCUT2D eigenvalue weighted by Gasteiger charge is -2.35. The van der Waals surface area contributed by atoms with Crippen molar-refractivity contribution in [3.63, 3.8) is 0 Å². The van der Waals surface area contributed by atoms with Crippen molar-refractivity contribution < 1.29 is 13.2 Å². The first-order chi connectivity index (χ1) is 13.4. The Morgan fingerprint density at radius 3 is 2.55 bits per heavy atom. The first kappa shape index (κ1) is 23.1. The molecule has 3 rings (SSSR count). The molecule has 158 valence electrons. The van der Waals surface area contributed by atoms with Gasteiger partial charge in [-0.15, -0.1) is 24.0 Å². The third-order valence-corrected chi connectivity index (χ3v) is 6.22. The summed E-state index contributed by atoms with van der Waals surface area (Å²) in [4.78, 5) is 20.5. The molecule has 11 heteroatoms. The number of aryl methyl sites for hydroxylation is 1. The quantitative estimate of drug-likeness (QED) is 0.347. The highest BCUT2D eigenvalue weighted by molar-refractivity contribution is 14.0. The summed E-state index contributed by atoms with van der Waals surface area (Å²) >= 11 is 0. The van der Waals surface area contributed by atoms with Crippen molar-refractivity contribution in [1.82, 2.24) is 20.0 Å². The number of benzene rings is 1. The molecule has 1 amide bonds. The largest absolute Gasteiger partial charge is 0.355 e. The molecule has 0 radical (unpaired) electrons. The van der Waals surface area contributed by atoms with Crippen molar-refractivity contribution in [2.24, 2.45) is 12.0 Å². The SMILES string of the molecule is CN=C(NCCS(=O)(=O)c1ccccc1)N1CCN(c2cnn(C)c2)C(=O)C1.I. The van der Waals surface area contributed by atoms with Gasteiger partial charge in [0.2, 0.25) is 5.91 Å². The number of piperazine rings is 1. The summed E-state index contributed by atoms with van der Waals surface area (Å²) in [5, 5.41) is 7.16. The van der Waals surface area contributed by atoms with Crippen LogP contribution >= 0.6 is 24.0 Å². The number of carbonyl (C=O) groups excluding carboxylic acids is 1. The molecule has 29 heavy (non-hydrogen) atoms. The van der Waals surface area contributed by atoms with Gasteiger partial charge in [-0.3, -0.25) is 14.5 Å². The topological polar surface area (TPSA) is 99.9 Å². The van der Waals surface area contributed by atoms with Crippen LogP contribution in [-0.4, -0.2) is 73.9 Å². The molecular weight excluding hydrogens is 507 g/mol. The second-order valence-corrected chi connectivity index (χ2v) is 8.55. The molecule has 1 aliphatic heterocycles. The van der Waals surface area contributed by atoms with Crippen LogP contribution in [0.1, 0.15) is 0 Å². The van der Waals surface area contributed by atoms with Crippen molar-refractivity contribution in [2.45, 2.75) is 4.90 Å². The van der Waals surface area contributed by atoms with Crippen LogP contribution < -0.4 is 10.2 Å². The Balaban J connectivity index is 0.00000300. The fraction of sp³-hybridized carbons (Fsp3) is 0.389. The minimum absolute atomic E-state index is 0. The Morgan fingerprint density at radius 2 is 1.97 bits per heavy atom. The van der Waals surface area contributed by atoms with Crippen LogP contribution in [-0.2, 0) is 21.7 Å². The van der Waals surface area contributed by atoms with Crippen molar-refractivity contribution in [2.75, 3.05) is 43.9 Å². The Hall–Kier alpha value is -2.15. The van der Waals surface area contributed by atoms with Crippen LogP contribution in [0.15, 0.2) is 52.6 Å². The molecule has 1 aromatic carbocycles. The van der Waals surface area contributed by atoms with Crippen molar-refractivity contribution in [1.29, 1.82) is 0 Å². The zero-order valence-electron chi connectivity index (χ0n) is 16.4. The number of rotatable bonds is 5. The van der Waals surface area contributed by atoms with Crippen LogP contribution in [0, 0.1) is 0 Å². The Kier molecular flexibility index (Phi) is 8.02. The molecule has 0 atom stereocenters. The second-order valence-electron chi connectivity index (χ2n) is 6.45. The molecule has 2 aromatic rings. The fourth-order valence-corrected chi connectivity index (χ4v) is 4.23. The number of nitrogens with zero attached hydrogens (tertiary/aromatic N) is 5. The van der Waals surface area contributed by atoms with Crippen LogP contribution in [0.5, 0.6) is 0 Å². The third-order valence-electron chi connectivity index (χ3n) is 4.49. The number of sulfone groups is 1. The number of carbonyl (C=O) groups is 1. The molecule has 1 N–H and O–H groups in total. The lowest BCUT2D eigenvalue weighted by molar-refractivity contribution is -0.120. The number of aliphatic imine (C=N–C) groups is 1. The number of aromatic nitrogens is 2. The van der Waals surface area contributed by atoms with Gasteiger partial charge < -0.3 is 15.1 Å². The zero-order valence-corrected chi connectivity index (χ0v) is 19.5. The molecule has 1 saturated heterocycles. The molecule has 1 aromatic heterocycles. The molecule has 9 nitrogen and oxygen atoms in total. The van der Waals surface area contributed by atoms with E-state index in [-0.39, 0.29) is 48.7 Å². The minimum Gasteiger partial charge on any atom is -0.355 e. The molecule has 1 aliphatic rings. The summed E-state index contributed by atoms with van der Waals surface area (Å²) in [6.07, 6.45) is 3.46. The van der Waals surface area contributed by atoms with Gasteiger partial charge in [-0.2, -0.15) is 5.10 Å². The van der Waals surface area contributed by atoms with E-state index >= 15 is 0 Å². The van der Waals surface area contributed by atoms with Gasteiger partial charge in [0.1, 0.15) is 6.54 Å². The van der Waals surface area contributed by atoms with Gasteiger partial charge in [-0.1, -0.05) is 18.2 Å². The molecule has 2 heterocycles. The number of amides is 1. The van der Waals surface area contributed by atoms with Gasteiger partial charge in [0, 0.05) is 39.9 Å². The average molecular weight is 532 g/mol. The van der Waals surface area contributed by atoms with E-state index in [1.54, 1.807) is 66.4 Å². The average Bonchev–Trinajstić information content (AvgIpc) is 3.12. The maximum absolute atomic E-state index is 12.5. The van der Waals surface area contributed by atoms with Crippen molar-refractivity contribution >= 4 is 51.4 Å². The maximum Gasteiger partial charge on any atom is 0.246 e. The Labute approximate surface area is 187 Å². The minimum atomic E-state index is -3.37. The summed E-state index contributed by atoms with van der Waals surface area (Å²) in [5.41, 5.74) is 0.768. The second kappa shape index (κ2) is 10.1. The lowest BCUT2D eigenvalue weighted by Crippen LogP contribution is -2.55. The van der Waals surface area contributed by atoms with E-state index in [1.807, 2.05) is 4.90 Å². The number of nitrogens with one attached hydrogen (secondary N) is 1. The van der Waals surface area contributed by atoms with Gasteiger partial charge >= 0.3 is 0 Å². The molecule has 0 bridgehead atoms. The molecular formula is C18H25IN6O3S. The number of halogens is 1. The van der Waals surface area contributed by atoms with Crippen LogP contribution in [0.25, 0.3) is 0 Å². The van der Waals surface area contributed by atoms with Gasteiger partial charge in [-0.25, -0.2) is 8.42 Å². The maximum atomic E-state index is 12.5. The highest BCUT2D eigenvalue weighted by Gasteiger charge is 2.27. The van der Waals surface area contributed by atoms with E-state index in [1.165, 1.54) is 0 Å². The predicted molar refractivity (Wildman–Crippen MR) is 122 cm³/mol. The van der Waals surface area contributed by atoms with E-state index in [2.05, 4.69) is 15.4 Å². The predicted octanol–water partition coefficient (Wildman–Crippen LogP) is 0.736. The Bertz CT molecular complexity index is 961. The van der Waals surface area contributed by atoms with E-state index < -0.39 is 9.84 Å². The van der Waals surface area contributed by atoms with Crippen molar-refractivity contribution in [3.05, 3.63) is 42.7 Å². The number of hydrogen-bond donors (Lipinski definition) is 1. The van der Waals surface area contributed by atoms with E-state index in [4.69, 9.17) is 0 Å². The van der Waals surface area contributed by atoms with Gasteiger partial charge in [0.25, 0.3) is 0 Å². The van der Waals surface area contributed by atoms with Gasteiger partial charge in [0.15, 0.2) is 15.8 Å². The van der Waals surface area contributed by atoms with Gasteiger partial charge in [0.05, 0.1) is 22.5 Å². The number of anilines is 1. The highest BCUT2D eigenvalue weighted by Crippen LogP contribution is 2.16. The third kappa shape index (κ3) is 5.69. The standard InChI is InChI=1S/C18H24N6O3S.HI/c1-19-18(20-8-11-28(26,27)16-6-4-3-5-7-16)23-9-10-24(17(25)14-23)15-12-21-22(2)13-15;/h3-7,12-13H,8-11,14H2,1-2H3,(H,19,20);1H. The smallest absolute Gasteiger partial charge is 0.246 e. The van der Waals surface area contributed by atoms with Crippen molar-refractivity contribution in [3.8, 4) is 0 Å². The van der Waals surface area contributed by atoms with Crippen LogP contribution in [0.3, 0.4) is 0 Å². The van der Waals surface area contributed by atoms with E-state index in [9.17, 15) is 13.2 Å². The van der Waals surface area contributed by atoms with Gasteiger partial charge in [-0.05, 0) is 12.1 Å². The number of guanidine groups is 1. The van der Waals surface area contributed by atoms with Crippen LogP contribution in [0.2, 0.25) is 0 Å². The first-order valence-electron chi connectivity index (χ1n) is 8.93. The first-order valence-corrected chi connectivity index (χ1v) is 10.6. The molecule has 0 saturated carbocycles.